The molecule has 2 aliphatic rings. The first-order valence-corrected chi connectivity index (χ1v) is 10.8. The third-order valence-electron chi connectivity index (χ3n) is 5.45. The number of piperazine rings is 1. The van der Waals surface area contributed by atoms with Crippen molar-refractivity contribution in [3.05, 3.63) is 29.8 Å². The van der Waals surface area contributed by atoms with Gasteiger partial charge in [-0.15, -0.1) is 0 Å². The Morgan fingerprint density at radius 1 is 1.11 bits per heavy atom. The Labute approximate surface area is 161 Å². The van der Waals surface area contributed by atoms with Crippen LogP contribution in [0.5, 0.6) is 0 Å². The van der Waals surface area contributed by atoms with E-state index in [1.807, 2.05) is 15.9 Å². The Bertz CT molecular complexity index is 818. The van der Waals surface area contributed by atoms with E-state index in [2.05, 4.69) is 6.92 Å². The molecule has 1 aromatic rings. The number of hydrogen-bond acceptors (Lipinski definition) is 5. The van der Waals surface area contributed by atoms with Gasteiger partial charge in [-0.3, -0.25) is 9.69 Å². The molecule has 146 valence electrons. The molecule has 7 nitrogen and oxygen atoms in total. The first-order valence-electron chi connectivity index (χ1n) is 9.41. The van der Waals surface area contributed by atoms with Gasteiger partial charge in [0.15, 0.2) is 0 Å². The lowest BCUT2D eigenvalue weighted by atomic mass is 9.99. The molecule has 1 amide bonds. The van der Waals surface area contributed by atoms with Gasteiger partial charge in [0.05, 0.1) is 17.0 Å². The Morgan fingerprint density at radius 3 is 2.37 bits per heavy atom. The smallest absolute Gasteiger partial charge is 0.244 e. The summed E-state index contributed by atoms with van der Waals surface area (Å²) in [6.07, 6.45) is 2.10. The molecule has 0 spiro atoms. The number of nitrogens with zero attached hydrogens (tertiary/aromatic N) is 4. The summed E-state index contributed by atoms with van der Waals surface area (Å²) in [6.45, 7) is 5.88. The Morgan fingerprint density at radius 2 is 1.74 bits per heavy atom. The van der Waals surface area contributed by atoms with Crippen LogP contribution >= 0.6 is 0 Å². The van der Waals surface area contributed by atoms with E-state index in [1.54, 1.807) is 12.1 Å². The summed E-state index contributed by atoms with van der Waals surface area (Å²) in [5.74, 6) is 0.812. The molecule has 1 aromatic carbocycles. The van der Waals surface area contributed by atoms with Gasteiger partial charge in [-0.2, -0.15) is 9.57 Å². The maximum absolute atomic E-state index is 12.9. The zero-order valence-corrected chi connectivity index (χ0v) is 16.5. The van der Waals surface area contributed by atoms with Crippen LogP contribution in [0.3, 0.4) is 0 Å². The molecule has 3 rings (SSSR count). The van der Waals surface area contributed by atoms with Crippen LogP contribution in [0.4, 0.5) is 0 Å². The molecule has 0 bridgehead atoms. The van der Waals surface area contributed by atoms with Crippen LogP contribution in [0.1, 0.15) is 25.3 Å². The standard InChI is InChI=1S/C19H26N4O3S/c1-16-6-8-22(9-7-16)19(24)15-21-10-12-23(13-11-21)27(25,26)18-5-3-2-4-17(18)14-20/h2-5,16H,6-13,15H2,1H3. The highest BCUT2D eigenvalue weighted by Gasteiger charge is 2.31. The first-order chi connectivity index (χ1) is 12.9. The molecule has 2 aliphatic heterocycles. The van der Waals surface area contributed by atoms with Crippen LogP contribution in [-0.4, -0.2) is 74.2 Å². The first kappa shape index (κ1) is 19.8. The average Bonchev–Trinajstić information content (AvgIpc) is 2.69. The highest BCUT2D eigenvalue weighted by Crippen LogP contribution is 2.21. The minimum Gasteiger partial charge on any atom is -0.342 e. The van der Waals surface area contributed by atoms with Crippen LogP contribution < -0.4 is 0 Å². The van der Waals surface area contributed by atoms with Crippen LogP contribution in [-0.2, 0) is 14.8 Å². The van der Waals surface area contributed by atoms with Crippen molar-refractivity contribution in [3.63, 3.8) is 0 Å². The number of carbonyl (C=O) groups is 1. The Balaban J connectivity index is 1.57. The summed E-state index contributed by atoms with van der Waals surface area (Å²) in [6, 6.07) is 8.22. The van der Waals surface area contributed by atoms with E-state index in [1.165, 1.54) is 16.4 Å². The number of carbonyl (C=O) groups excluding carboxylic acids is 1. The van der Waals surface area contributed by atoms with Gasteiger partial charge in [-0.25, -0.2) is 8.42 Å². The molecule has 0 unspecified atom stereocenters. The number of benzene rings is 1. The summed E-state index contributed by atoms with van der Waals surface area (Å²) in [4.78, 5) is 16.5. The second-order valence-electron chi connectivity index (χ2n) is 7.35. The predicted molar refractivity (Wildman–Crippen MR) is 101 cm³/mol. The minimum atomic E-state index is -3.69. The Kier molecular flexibility index (Phi) is 6.15. The number of amides is 1. The normalized spacial score (nSPS) is 20.4. The molecule has 27 heavy (non-hydrogen) atoms. The number of sulfonamides is 1. The lowest BCUT2D eigenvalue weighted by Crippen LogP contribution is -2.52. The fourth-order valence-electron chi connectivity index (χ4n) is 3.60. The van der Waals surface area contributed by atoms with Crippen molar-refractivity contribution in [1.29, 1.82) is 5.26 Å². The topological polar surface area (TPSA) is 84.7 Å². The molecular weight excluding hydrogens is 364 g/mol. The zero-order chi connectivity index (χ0) is 19.4. The van der Waals surface area contributed by atoms with E-state index < -0.39 is 10.0 Å². The van der Waals surface area contributed by atoms with Crippen molar-refractivity contribution in [2.75, 3.05) is 45.8 Å². The van der Waals surface area contributed by atoms with Gasteiger partial charge < -0.3 is 4.90 Å². The molecule has 0 saturated carbocycles. The average molecular weight is 391 g/mol. The second kappa shape index (κ2) is 8.38. The van der Waals surface area contributed by atoms with Crippen LogP contribution in [0, 0.1) is 17.2 Å². The molecule has 0 aromatic heterocycles. The fourth-order valence-corrected chi connectivity index (χ4v) is 5.16. The highest BCUT2D eigenvalue weighted by molar-refractivity contribution is 7.89. The highest BCUT2D eigenvalue weighted by atomic mass is 32.2. The molecular formula is C19H26N4O3S. The van der Waals surface area contributed by atoms with Crippen molar-refractivity contribution >= 4 is 15.9 Å². The van der Waals surface area contributed by atoms with Gasteiger partial charge in [-0.1, -0.05) is 19.1 Å². The molecule has 2 heterocycles. The Hall–Kier alpha value is -1.95. The molecule has 8 heteroatoms. The number of hydrogen-bond donors (Lipinski definition) is 0. The summed E-state index contributed by atoms with van der Waals surface area (Å²) < 4.78 is 27.1. The maximum Gasteiger partial charge on any atom is 0.244 e. The third-order valence-corrected chi connectivity index (χ3v) is 7.41. The second-order valence-corrected chi connectivity index (χ2v) is 9.26. The van der Waals surface area contributed by atoms with E-state index in [0.717, 1.165) is 25.9 Å². The molecule has 0 N–H and O–H groups in total. The molecule has 2 saturated heterocycles. The van der Waals surface area contributed by atoms with Gasteiger partial charge in [0, 0.05) is 39.3 Å². The van der Waals surface area contributed by atoms with Gasteiger partial charge in [-0.05, 0) is 30.9 Å². The van der Waals surface area contributed by atoms with E-state index >= 15 is 0 Å². The monoisotopic (exact) mass is 390 g/mol. The van der Waals surface area contributed by atoms with Gasteiger partial charge >= 0.3 is 0 Å². The van der Waals surface area contributed by atoms with Crippen molar-refractivity contribution in [1.82, 2.24) is 14.1 Å². The van der Waals surface area contributed by atoms with E-state index in [0.29, 0.717) is 38.6 Å². The van der Waals surface area contributed by atoms with E-state index in [9.17, 15) is 18.5 Å². The third kappa shape index (κ3) is 4.49. The largest absolute Gasteiger partial charge is 0.342 e. The SMILES string of the molecule is CC1CCN(C(=O)CN2CCN(S(=O)(=O)c3ccccc3C#N)CC2)CC1. The molecule has 0 radical (unpaired) electrons. The number of nitriles is 1. The molecule has 0 aliphatic carbocycles. The number of likely N-dealkylation sites (tertiary alicyclic amines) is 1. The summed E-state index contributed by atoms with van der Waals surface area (Å²) in [5, 5.41) is 9.18. The zero-order valence-electron chi connectivity index (χ0n) is 15.7. The van der Waals surface area contributed by atoms with Gasteiger partial charge in [0.1, 0.15) is 6.07 Å². The minimum absolute atomic E-state index is 0.0551. The quantitative estimate of drug-likeness (QED) is 0.769. The van der Waals surface area contributed by atoms with Crippen molar-refractivity contribution in [2.24, 2.45) is 5.92 Å². The van der Waals surface area contributed by atoms with E-state index in [-0.39, 0.29) is 16.4 Å². The predicted octanol–water partition coefficient (Wildman–Crippen LogP) is 1.12. The van der Waals surface area contributed by atoms with Crippen molar-refractivity contribution < 1.29 is 13.2 Å². The van der Waals surface area contributed by atoms with E-state index in [4.69, 9.17) is 0 Å². The summed E-state index contributed by atoms with van der Waals surface area (Å²) in [7, 11) is -3.69. The summed E-state index contributed by atoms with van der Waals surface area (Å²) in [5.41, 5.74) is 0.162. The maximum atomic E-state index is 12.9. The lowest BCUT2D eigenvalue weighted by molar-refractivity contribution is -0.134. The van der Waals surface area contributed by atoms with Crippen LogP contribution in [0.25, 0.3) is 0 Å². The number of piperidine rings is 1. The lowest BCUT2D eigenvalue weighted by Gasteiger charge is -2.36. The summed E-state index contributed by atoms with van der Waals surface area (Å²) >= 11 is 0. The number of rotatable bonds is 4. The van der Waals surface area contributed by atoms with Gasteiger partial charge in [0.25, 0.3) is 0 Å². The van der Waals surface area contributed by atoms with Crippen LogP contribution in [0.15, 0.2) is 29.2 Å². The molecule has 0 atom stereocenters. The van der Waals surface area contributed by atoms with Gasteiger partial charge in [0.2, 0.25) is 15.9 Å². The van der Waals surface area contributed by atoms with Crippen molar-refractivity contribution in [2.45, 2.75) is 24.7 Å². The van der Waals surface area contributed by atoms with Crippen LogP contribution in [0.2, 0.25) is 0 Å². The molecule has 2 fully saturated rings. The fraction of sp³-hybridized carbons (Fsp3) is 0.579. The van der Waals surface area contributed by atoms with Crippen molar-refractivity contribution in [3.8, 4) is 6.07 Å².